The molecule has 6 nitrogen and oxygen atoms in total. The molecule has 1 aliphatic heterocycles. The summed E-state index contributed by atoms with van der Waals surface area (Å²) in [5.74, 6) is 2.78. The van der Waals surface area contributed by atoms with Gasteiger partial charge in [0.2, 0.25) is 0 Å². The third-order valence-corrected chi connectivity index (χ3v) is 3.41. The molecular weight excluding hydrogens is 296 g/mol. The van der Waals surface area contributed by atoms with Crippen molar-refractivity contribution >= 4 is 21.7 Å². The standard InChI is InChI=1S/C11H13BrN6/c1-2-9-14-8(12)5-10(15-9)17-3-4-18-7-13-16-11(18)6-17/h5,7H,2-4,6H2,1H3. The number of nitrogens with zero attached hydrogens (tertiary/aromatic N) is 6. The molecule has 7 heteroatoms. The highest BCUT2D eigenvalue weighted by atomic mass is 79.9. The van der Waals surface area contributed by atoms with Gasteiger partial charge in [0.15, 0.2) is 5.82 Å². The van der Waals surface area contributed by atoms with Crippen LogP contribution in [-0.4, -0.2) is 31.3 Å². The summed E-state index contributed by atoms with van der Waals surface area (Å²) in [6, 6.07) is 1.95. The van der Waals surface area contributed by atoms with E-state index in [1.165, 1.54) is 0 Å². The van der Waals surface area contributed by atoms with Gasteiger partial charge in [-0.25, -0.2) is 9.97 Å². The van der Waals surface area contributed by atoms with Gasteiger partial charge in [-0.1, -0.05) is 6.92 Å². The lowest BCUT2D eigenvalue weighted by atomic mass is 10.3. The molecule has 0 fully saturated rings. The van der Waals surface area contributed by atoms with E-state index in [0.717, 1.165) is 48.1 Å². The highest BCUT2D eigenvalue weighted by Gasteiger charge is 2.19. The molecule has 2 aromatic heterocycles. The first-order valence-corrected chi connectivity index (χ1v) is 6.70. The van der Waals surface area contributed by atoms with Crippen molar-refractivity contribution in [1.29, 1.82) is 0 Å². The molecule has 0 aromatic carbocycles. The van der Waals surface area contributed by atoms with E-state index in [1.807, 2.05) is 6.07 Å². The zero-order valence-electron chi connectivity index (χ0n) is 10.0. The van der Waals surface area contributed by atoms with Crippen molar-refractivity contribution in [3.8, 4) is 0 Å². The normalized spacial score (nSPS) is 14.7. The summed E-state index contributed by atoms with van der Waals surface area (Å²) in [7, 11) is 0. The summed E-state index contributed by atoms with van der Waals surface area (Å²) in [5, 5.41) is 8.04. The third kappa shape index (κ3) is 2.10. The predicted octanol–water partition coefficient (Wildman–Crippen LogP) is 1.41. The van der Waals surface area contributed by atoms with Crippen LogP contribution in [0.1, 0.15) is 18.6 Å². The molecule has 0 amide bonds. The minimum Gasteiger partial charge on any atom is -0.347 e. The molecule has 0 saturated heterocycles. The van der Waals surface area contributed by atoms with Gasteiger partial charge in [-0.15, -0.1) is 10.2 Å². The number of fused-ring (bicyclic) bond motifs is 1. The predicted molar refractivity (Wildman–Crippen MR) is 70.2 cm³/mol. The van der Waals surface area contributed by atoms with Crippen molar-refractivity contribution in [3.05, 3.63) is 28.6 Å². The molecule has 0 N–H and O–H groups in total. The first-order chi connectivity index (χ1) is 8.76. The fourth-order valence-corrected chi connectivity index (χ4v) is 2.44. The highest BCUT2D eigenvalue weighted by molar-refractivity contribution is 9.10. The Kier molecular flexibility index (Phi) is 2.99. The van der Waals surface area contributed by atoms with Gasteiger partial charge < -0.3 is 9.47 Å². The van der Waals surface area contributed by atoms with Gasteiger partial charge in [0.05, 0.1) is 6.54 Å². The van der Waals surface area contributed by atoms with Crippen molar-refractivity contribution < 1.29 is 0 Å². The average molecular weight is 309 g/mol. The van der Waals surface area contributed by atoms with Crippen LogP contribution in [0.25, 0.3) is 0 Å². The Hall–Kier alpha value is -1.50. The molecule has 0 bridgehead atoms. The largest absolute Gasteiger partial charge is 0.347 e. The number of halogens is 1. The lowest BCUT2D eigenvalue weighted by Crippen LogP contribution is -2.34. The highest BCUT2D eigenvalue weighted by Crippen LogP contribution is 2.20. The maximum atomic E-state index is 4.56. The van der Waals surface area contributed by atoms with Crippen molar-refractivity contribution in [3.63, 3.8) is 0 Å². The summed E-state index contributed by atoms with van der Waals surface area (Å²) in [6.07, 6.45) is 2.61. The second-order valence-corrected chi connectivity index (χ2v) is 4.99. The van der Waals surface area contributed by atoms with E-state index in [4.69, 9.17) is 0 Å². The van der Waals surface area contributed by atoms with Crippen molar-refractivity contribution in [2.75, 3.05) is 11.4 Å². The molecule has 0 spiro atoms. The van der Waals surface area contributed by atoms with Gasteiger partial charge in [-0.2, -0.15) is 0 Å². The number of aromatic nitrogens is 5. The van der Waals surface area contributed by atoms with E-state index in [1.54, 1.807) is 6.33 Å². The molecule has 94 valence electrons. The maximum absolute atomic E-state index is 4.56. The van der Waals surface area contributed by atoms with E-state index in [0.29, 0.717) is 0 Å². The van der Waals surface area contributed by atoms with Crippen LogP contribution in [0.4, 0.5) is 5.82 Å². The van der Waals surface area contributed by atoms with Gasteiger partial charge in [-0.05, 0) is 15.9 Å². The smallest absolute Gasteiger partial charge is 0.152 e. The maximum Gasteiger partial charge on any atom is 0.152 e. The molecule has 3 rings (SSSR count). The number of anilines is 1. The van der Waals surface area contributed by atoms with E-state index < -0.39 is 0 Å². The SMILES string of the molecule is CCc1nc(Br)cc(N2CCn3cnnc3C2)n1. The van der Waals surface area contributed by atoms with Crippen LogP contribution >= 0.6 is 15.9 Å². The summed E-state index contributed by atoms with van der Waals surface area (Å²) in [4.78, 5) is 11.1. The number of hydrogen-bond acceptors (Lipinski definition) is 5. The second kappa shape index (κ2) is 4.64. The lowest BCUT2D eigenvalue weighted by Gasteiger charge is -2.28. The number of rotatable bonds is 2. The van der Waals surface area contributed by atoms with E-state index in [2.05, 4.69) is 52.5 Å². The molecule has 0 atom stereocenters. The Morgan fingerprint density at radius 2 is 2.22 bits per heavy atom. The van der Waals surface area contributed by atoms with Crippen LogP contribution in [0.5, 0.6) is 0 Å². The Labute approximate surface area is 113 Å². The molecular formula is C11H13BrN6. The van der Waals surface area contributed by atoms with Gasteiger partial charge in [-0.3, -0.25) is 0 Å². The molecule has 0 saturated carbocycles. The van der Waals surface area contributed by atoms with Crippen LogP contribution < -0.4 is 4.90 Å². The van der Waals surface area contributed by atoms with Gasteiger partial charge in [0.25, 0.3) is 0 Å². The lowest BCUT2D eigenvalue weighted by molar-refractivity contribution is 0.555. The number of aryl methyl sites for hydroxylation is 1. The van der Waals surface area contributed by atoms with Gasteiger partial charge in [0.1, 0.15) is 22.6 Å². The summed E-state index contributed by atoms with van der Waals surface area (Å²) < 4.78 is 2.91. The Bertz CT molecular complexity index is 566. The average Bonchev–Trinajstić information content (AvgIpc) is 2.85. The van der Waals surface area contributed by atoms with E-state index in [-0.39, 0.29) is 0 Å². The molecule has 0 aliphatic carbocycles. The molecule has 0 radical (unpaired) electrons. The van der Waals surface area contributed by atoms with Crippen molar-refractivity contribution in [2.45, 2.75) is 26.4 Å². The van der Waals surface area contributed by atoms with E-state index >= 15 is 0 Å². The molecule has 18 heavy (non-hydrogen) atoms. The Balaban J connectivity index is 1.90. The monoisotopic (exact) mass is 308 g/mol. The van der Waals surface area contributed by atoms with Crippen molar-refractivity contribution in [2.24, 2.45) is 0 Å². The third-order valence-electron chi connectivity index (χ3n) is 3.01. The second-order valence-electron chi connectivity index (χ2n) is 4.18. The van der Waals surface area contributed by atoms with Gasteiger partial charge in [0, 0.05) is 25.6 Å². The van der Waals surface area contributed by atoms with Crippen LogP contribution in [0.15, 0.2) is 17.0 Å². The molecule has 0 unspecified atom stereocenters. The summed E-state index contributed by atoms with van der Waals surface area (Å²) in [5.41, 5.74) is 0. The minimum atomic E-state index is 0.743. The zero-order valence-corrected chi connectivity index (χ0v) is 11.6. The Morgan fingerprint density at radius 1 is 1.33 bits per heavy atom. The fourth-order valence-electron chi connectivity index (χ4n) is 2.03. The molecule has 2 aromatic rings. The number of hydrogen-bond donors (Lipinski definition) is 0. The molecule has 3 heterocycles. The quantitative estimate of drug-likeness (QED) is 0.785. The zero-order chi connectivity index (χ0) is 12.5. The fraction of sp³-hybridized carbons (Fsp3) is 0.455. The topological polar surface area (TPSA) is 59.7 Å². The van der Waals surface area contributed by atoms with Crippen LogP contribution in [-0.2, 0) is 19.5 Å². The first kappa shape index (κ1) is 11.6. The first-order valence-electron chi connectivity index (χ1n) is 5.91. The summed E-state index contributed by atoms with van der Waals surface area (Å²) in [6.45, 7) is 4.61. The van der Waals surface area contributed by atoms with Gasteiger partial charge >= 0.3 is 0 Å². The van der Waals surface area contributed by atoms with Crippen LogP contribution in [0.3, 0.4) is 0 Å². The summed E-state index contributed by atoms with van der Waals surface area (Å²) >= 11 is 3.43. The molecule has 1 aliphatic rings. The minimum absolute atomic E-state index is 0.743. The van der Waals surface area contributed by atoms with Crippen LogP contribution in [0, 0.1) is 0 Å². The van der Waals surface area contributed by atoms with Crippen LogP contribution in [0.2, 0.25) is 0 Å². The Morgan fingerprint density at radius 3 is 3.06 bits per heavy atom. The van der Waals surface area contributed by atoms with Crippen molar-refractivity contribution in [1.82, 2.24) is 24.7 Å². The van der Waals surface area contributed by atoms with E-state index in [9.17, 15) is 0 Å².